The van der Waals surface area contributed by atoms with Gasteiger partial charge in [-0.3, -0.25) is 4.90 Å². The third-order valence-corrected chi connectivity index (χ3v) is 6.37. The molecule has 1 aromatic carbocycles. The van der Waals surface area contributed by atoms with Crippen LogP contribution in [0.25, 0.3) is 0 Å². The minimum atomic E-state index is 0.370. The molecule has 0 bridgehead atoms. The second-order valence-electron chi connectivity index (χ2n) is 8.75. The van der Waals surface area contributed by atoms with E-state index in [1.54, 1.807) is 0 Å². The van der Waals surface area contributed by atoms with Gasteiger partial charge in [-0.2, -0.15) is 0 Å². The molecule has 3 heteroatoms. The second kappa shape index (κ2) is 8.20. The van der Waals surface area contributed by atoms with E-state index in [1.807, 2.05) is 0 Å². The minimum Gasteiger partial charge on any atom is -0.377 e. The fourth-order valence-electron chi connectivity index (χ4n) is 4.66. The highest BCUT2D eigenvalue weighted by atomic mass is 16.5. The van der Waals surface area contributed by atoms with E-state index in [0.717, 1.165) is 38.1 Å². The molecule has 2 fully saturated rings. The van der Waals surface area contributed by atoms with Gasteiger partial charge >= 0.3 is 0 Å². The summed E-state index contributed by atoms with van der Waals surface area (Å²) in [5, 5.41) is 0. The van der Waals surface area contributed by atoms with Crippen LogP contribution in [0, 0.1) is 17.3 Å². The minimum absolute atomic E-state index is 0.370. The predicted octanol–water partition coefficient (Wildman–Crippen LogP) is 4.36. The summed E-state index contributed by atoms with van der Waals surface area (Å²) < 4.78 is 11.8. The molecular formula is C22H35NO2. The van der Waals surface area contributed by atoms with E-state index in [-0.39, 0.29) is 0 Å². The molecule has 25 heavy (non-hydrogen) atoms. The average Bonchev–Trinajstić information content (AvgIpc) is 2.56. The van der Waals surface area contributed by atoms with Crippen molar-refractivity contribution in [2.75, 3.05) is 26.2 Å². The van der Waals surface area contributed by atoms with Crippen molar-refractivity contribution in [3.63, 3.8) is 0 Å². The summed E-state index contributed by atoms with van der Waals surface area (Å²) in [5.74, 6) is 1.60. The third kappa shape index (κ3) is 4.84. The first-order chi connectivity index (χ1) is 11.9. The topological polar surface area (TPSA) is 21.7 Å². The second-order valence-corrected chi connectivity index (χ2v) is 8.75. The van der Waals surface area contributed by atoms with Gasteiger partial charge < -0.3 is 9.47 Å². The summed E-state index contributed by atoms with van der Waals surface area (Å²) in [5.41, 5.74) is 1.70. The first-order valence-corrected chi connectivity index (χ1v) is 9.94. The molecule has 3 rings (SSSR count). The lowest BCUT2D eigenvalue weighted by molar-refractivity contribution is -0.102. The average molecular weight is 346 g/mol. The Hall–Kier alpha value is -0.900. The van der Waals surface area contributed by atoms with Crippen molar-refractivity contribution < 1.29 is 9.47 Å². The van der Waals surface area contributed by atoms with Gasteiger partial charge in [0.2, 0.25) is 0 Å². The number of benzene rings is 1. The maximum Gasteiger partial charge on any atom is 0.0716 e. The van der Waals surface area contributed by atoms with Crippen LogP contribution in [-0.4, -0.2) is 43.3 Å². The van der Waals surface area contributed by atoms with Crippen LogP contribution in [0.1, 0.15) is 46.1 Å². The Morgan fingerprint density at radius 1 is 1.08 bits per heavy atom. The van der Waals surface area contributed by atoms with Gasteiger partial charge in [0.05, 0.1) is 18.8 Å². The Bertz CT molecular complexity index is 520. The standard InChI is InChI=1S/C22H35NO2/c1-17-13-23(14-18(2)25-17)15-21-12-20(22(21,3)4)10-11-24-16-19-8-6-5-7-9-19/h5-9,17-18,20-21H,10-16H2,1-4H3/t17-,18+,20-,21-/m0/s1. The zero-order valence-electron chi connectivity index (χ0n) is 16.4. The Morgan fingerprint density at radius 3 is 2.40 bits per heavy atom. The van der Waals surface area contributed by atoms with Crippen LogP contribution in [0.5, 0.6) is 0 Å². The van der Waals surface area contributed by atoms with Crippen LogP contribution in [0.4, 0.5) is 0 Å². The van der Waals surface area contributed by atoms with Gasteiger partial charge in [0.1, 0.15) is 0 Å². The van der Waals surface area contributed by atoms with E-state index in [2.05, 4.69) is 62.9 Å². The molecule has 1 saturated heterocycles. The van der Waals surface area contributed by atoms with E-state index < -0.39 is 0 Å². The van der Waals surface area contributed by atoms with Gasteiger partial charge in [-0.25, -0.2) is 0 Å². The number of morpholine rings is 1. The maximum absolute atomic E-state index is 5.91. The molecule has 1 aliphatic carbocycles. The smallest absolute Gasteiger partial charge is 0.0716 e. The summed E-state index contributed by atoms with van der Waals surface area (Å²) in [6, 6.07) is 10.5. The number of hydrogen-bond acceptors (Lipinski definition) is 3. The Morgan fingerprint density at radius 2 is 1.76 bits per heavy atom. The summed E-state index contributed by atoms with van der Waals surface area (Å²) in [6.07, 6.45) is 3.27. The van der Waals surface area contributed by atoms with Gasteiger partial charge in [-0.15, -0.1) is 0 Å². The molecule has 140 valence electrons. The number of ether oxygens (including phenoxy) is 2. The van der Waals surface area contributed by atoms with E-state index >= 15 is 0 Å². The molecule has 4 atom stereocenters. The SMILES string of the molecule is C[C@@H]1CN(C[C@@H]2C[C@H](CCOCc3ccccc3)C2(C)C)C[C@H](C)O1. The van der Waals surface area contributed by atoms with Crippen molar-refractivity contribution in [3.05, 3.63) is 35.9 Å². The van der Waals surface area contributed by atoms with E-state index in [1.165, 1.54) is 24.9 Å². The molecule has 0 N–H and O–H groups in total. The van der Waals surface area contributed by atoms with Crippen molar-refractivity contribution in [1.29, 1.82) is 0 Å². The molecule has 1 saturated carbocycles. The van der Waals surface area contributed by atoms with Gasteiger partial charge in [0.25, 0.3) is 0 Å². The lowest BCUT2D eigenvalue weighted by atomic mass is 9.53. The summed E-state index contributed by atoms with van der Waals surface area (Å²) in [6.45, 7) is 14.3. The largest absolute Gasteiger partial charge is 0.377 e. The van der Waals surface area contributed by atoms with Crippen molar-refractivity contribution in [2.24, 2.45) is 17.3 Å². The number of hydrogen-bond donors (Lipinski definition) is 0. The summed E-state index contributed by atoms with van der Waals surface area (Å²) in [4.78, 5) is 2.62. The maximum atomic E-state index is 5.91. The molecule has 1 heterocycles. The van der Waals surface area contributed by atoms with Crippen LogP contribution >= 0.6 is 0 Å². The van der Waals surface area contributed by atoms with Crippen molar-refractivity contribution in [2.45, 2.75) is 59.4 Å². The van der Waals surface area contributed by atoms with Gasteiger partial charge in [-0.1, -0.05) is 44.2 Å². The molecular weight excluding hydrogens is 310 g/mol. The van der Waals surface area contributed by atoms with Gasteiger partial charge in [0, 0.05) is 26.2 Å². The van der Waals surface area contributed by atoms with Crippen molar-refractivity contribution >= 4 is 0 Å². The van der Waals surface area contributed by atoms with Gasteiger partial charge in [0.15, 0.2) is 0 Å². The van der Waals surface area contributed by atoms with Crippen LogP contribution in [0.15, 0.2) is 30.3 Å². The van der Waals surface area contributed by atoms with Crippen molar-refractivity contribution in [1.82, 2.24) is 4.90 Å². The first-order valence-electron chi connectivity index (χ1n) is 9.94. The van der Waals surface area contributed by atoms with Gasteiger partial charge in [-0.05, 0) is 49.5 Å². The summed E-state index contributed by atoms with van der Waals surface area (Å²) in [7, 11) is 0. The molecule has 0 amide bonds. The highest BCUT2D eigenvalue weighted by molar-refractivity contribution is 5.13. The Labute approximate surface area is 153 Å². The third-order valence-electron chi connectivity index (χ3n) is 6.37. The molecule has 0 spiro atoms. The quantitative estimate of drug-likeness (QED) is 0.685. The Balaban J connectivity index is 1.38. The summed E-state index contributed by atoms with van der Waals surface area (Å²) >= 11 is 0. The molecule has 2 aliphatic rings. The van der Waals surface area contributed by atoms with Crippen molar-refractivity contribution in [3.8, 4) is 0 Å². The molecule has 1 aromatic rings. The van der Waals surface area contributed by atoms with Crippen LogP contribution in [0.2, 0.25) is 0 Å². The van der Waals surface area contributed by atoms with E-state index in [4.69, 9.17) is 9.47 Å². The normalized spacial score (nSPS) is 32.3. The lowest BCUT2D eigenvalue weighted by Gasteiger charge is -2.54. The molecule has 0 radical (unpaired) electrons. The highest BCUT2D eigenvalue weighted by Crippen LogP contribution is 2.53. The predicted molar refractivity (Wildman–Crippen MR) is 103 cm³/mol. The van der Waals surface area contributed by atoms with Crippen LogP contribution < -0.4 is 0 Å². The Kier molecular flexibility index (Phi) is 6.19. The molecule has 0 aromatic heterocycles. The molecule has 3 nitrogen and oxygen atoms in total. The molecule has 1 aliphatic heterocycles. The number of rotatable bonds is 7. The first kappa shape index (κ1) is 18.9. The van der Waals surface area contributed by atoms with Crippen LogP contribution in [-0.2, 0) is 16.1 Å². The van der Waals surface area contributed by atoms with E-state index in [9.17, 15) is 0 Å². The van der Waals surface area contributed by atoms with E-state index in [0.29, 0.717) is 17.6 Å². The zero-order chi connectivity index (χ0) is 17.9. The fourth-order valence-corrected chi connectivity index (χ4v) is 4.66. The molecule has 0 unspecified atom stereocenters. The lowest BCUT2D eigenvalue weighted by Crippen LogP contribution is -2.54. The van der Waals surface area contributed by atoms with Crippen LogP contribution in [0.3, 0.4) is 0 Å². The number of nitrogens with zero attached hydrogens (tertiary/aromatic N) is 1. The monoisotopic (exact) mass is 345 g/mol. The zero-order valence-corrected chi connectivity index (χ0v) is 16.4. The fraction of sp³-hybridized carbons (Fsp3) is 0.727. The highest BCUT2D eigenvalue weighted by Gasteiger charge is 2.48.